The number of hydrogen-bond acceptors (Lipinski definition) is 1. The van der Waals surface area contributed by atoms with E-state index in [1.807, 2.05) is 42.5 Å². The number of amides is 1. The molecule has 1 aromatic carbocycles. The number of allylic oxidation sites excluding steroid dienone is 4. The van der Waals surface area contributed by atoms with Crippen molar-refractivity contribution < 1.29 is 4.79 Å². The molecule has 0 atom stereocenters. The van der Waals surface area contributed by atoms with Gasteiger partial charge in [0, 0.05) is 17.2 Å². The fourth-order valence-corrected chi connectivity index (χ4v) is 1.53. The van der Waals surface area contributed by atoms with Gasteiger partial charge in [-0.05, 0) is 31.1 Å². The topological polar surface area (TPSA) is 29.1 Å². The Balaban J connectivity index is 1.96. The van der Waals surface area contributed by atoms with E-state index in [0.717, 1.165) is 24.1 Å². The van der Waals surface area contributed by atoms with Crippen molar-refractivity contribution in [3.05, 3.63) is 59.8 Å². The zero-order valence-electron chi connectivity index (χ0n) is 9.44. The standard InChI is InChI=1S/C15H13NO/c17-15(16-14-9-5-2-6-10-14)12-11-13-7-3-1-4-8-13/h1-5,7-9H,6,10H2,(H,16,17). The van der Waals surface area contributed by atoms with Crippen LogP contribution in [0.2, 0.25) is 0 Å². The summed E-state index contributed by atoms with van der Waals surface area (Å²) in [7, 11) is 0. The predicted molar refractivity (Wildman–Crippen MR) is 67.9 cm³/mol. The molecule has 0 heterocycles. The Morgan fingerprint density at radius 3 is 2.76 bits per heavy atom. The maximum absolute atomic E-state index is 11.5. The fourth-order valence-electron chi connectivity index (χ4n) is 1.53. The van der Waals surface area contributed by atoms with Gasteiger partial charge in [-0.1, -0.05) is 36.3 Å². The average molecular weight is 223 g/mol. The summed E-state index contributed by atoms with van der Waals surface area (Å²) < 4.78 is 0. The highest BCUT2D eigenvalue weighted by Crippen LogP contribution is 2.07. The Bertz CT molecular complexity index is 515. The largest absolute Gasteiger partial charge is 0.319 e. The average Bonchev–Trinajstić information content (AvgIpc) is 2.39. The first-order valence-electron chi connectivity index (χ1n) is 5.58. The van der Waals surface area contributed by atoms with Crippen LogP contribution in [0, 0.1) is 11.8 Å². The Morgan fingerprint density at radius 1 is 1.24 bits per heavy atom. The number of nitrogens with one attached hydrogen (secondary N) is 1. The Kier molecular flexibility index (Phi) is 3.77. The molecule has 0 saturated heterocycles. The van der Waals surface area contributed by atoms with Crippen molar-refractivity contribution in [3.8, 4) is 11.8 Å². The van der Waals surface area contributed by atoms with Crippen LogP contribution < -0.4 is 5.32 Å². The molecule has 0 saturated carbocycles. The van der Waals surface area contributed by atoms with Gasteiger partial charge in [-0.25, -0.2) is 0 Å². The minimum Gasteiger partial charge on any atom is -0.319 e. The SMILES string of the molecule is O=C(C#Cc1ccccc1)NC1=CC=CCC1. The van der Waals surface area contributed by atoms with Crippen LogP contribution in [0.5, 0.6) is 0 Å². The molecule has 1 aromatic rings. The first-order chi connectivity index (χ1) is 8.34. The molecule has 0 unspecified atom stereocenters. The molecular weight excluding hydrogens is 210 g/mol. The van der Waals surface area contributed by atoms with Crippen LogP contribution >= 0.6 is 0 Å². The zero-order valence-corrected chi connectivity index (χ0v) is 9.44. The number of carbonyl (C=O) groups is 1. The second kappa shape index (κ2) is 5.72. The zero-order chi connectivity index (χ0) is 11.9. The highest BCUT2D eigenvalue weighted by Gasteiger charge is 2.02. The van der Waals surface area contributed by atoms with Crippen molar-refractivity contribution in [3.63, 3.8) is 0 Å². The second-order valence-electron chi connectivity index (χ2n) is 3.73. The molecule has 2 nitrogen and oxygen atoms in total. The first-order valence-corrected chi connectivity index (χ1v) is 5.58. The lowest BCUT2D eigenvalue weighted by Gasteiger charge is -2.07. The van der Waals surface area contributed by atoms with E-state index in [1.54, 1.807) is 0 Å². The van der Waals surface area contributed by atoms with E-state index in [2.05, 4.69) is 23.2 Å². The molecule has 1 amide bonds. The summed E-state index contributed by atoms with van der Waals surface area (Å²) >= 11 is 0. The smallest absolute Gasteiger partial charge is 0.300 e. The summed E-state index contributed by atoms with van der Waals surface area (Å²) in [6.45, 7) is 0. The third-order valence-electron chi connectivity index (χ3n) is 2.38. The molecular formula is C15H13NO. The van der Waals surface area contributed by atoms with Crippen LogP contribution in [0.25, 0.3) is 0 Å². The number of benzene rings is 1. The molecule has 0 fully saturated rings. The first kappa shape index (κ1) is 11.2. The van der Waals surface area contributed by atoms with Gasteiger partial charge in [-0.2, -0.15) is 0 Å². The predicted octanol–water partition coefficient (Wildman–Crippen LogP) is 2.39. The van der Waals surface area contributed by atoms with Gasteiger partial charge in [-0.15, -0.1) is 0 Å². The third-order valence-corrected chi connectivity index (χ3v) is 2.38. The molecule has 2 heteroatoms. The van der Waals surface area contributed by atoms with Crippen molar-refractivity contribution >= 4 is 5.91 Å². The Morgan fingerprint density at radius 2 is 2.06 bits per heavy atom. The van der Waals surface area contributed by atoms with E-state index >= 15 is 0 Å². The maximum atomic E-state index is 11.5. The highest BCUT2D eigenvalue weighted by molar-refractivity contribution is 5.95. The lowest BCUT2D eigenvalue weighted by molar-refractivity contribution is -0.115. The summed E-state index contributed by atoms with van der Waals surface area (Å²) in [6, 6.07) is 9.48. The van der Waals surface area contributed by atoms with E-state index in [9.17, 15) is 4.79 Å². The highest BCUT2D eigenvalue weighted by atomic mass is 16.1. The van der Waals surface area contributed by atoms with Gasteiger partial charge >= 0.3 is 0 Å². The van der Waals surface area contributed by atoms with Crippen LogP contribution in [-0.2, 0) is 4.79 Å². The van der Waals surface area contributed by atoms with Crippen LogP contribution in [0.15, 0.2) is 54.3 Å². The molecule has 1 aliphatic carbocycles. The van der Waals surface area contributed by atoms with Crippen molar-refractivity contribution in [1.29, 1.82) is 0 Å². The van der Waals surface area contributed by atoms with E-state index < -0.39 is 0 Å². The fraction of sp³-hybridized carbons (Fsp3) is 0.133. The van der Waals surface area contributed by atoms with E-state index in [0.29, 0.717) is 0 Å². The molecule has 0 aliphatic heterocycles. The summed E-state index contributed by atoms with van der Waals surface area (Å²) in [5.74, 6) is 5.15. The van der Waals surface area contributed by atoms with Crippen LogP contribution in [0.3, 0.4) is 0 Å². The molecule has 1 N–H and O–H groups in total. The van der Waals surface area contributed by atoms with Gasteiger partial charge in [0.15, 0.2) is 0 Å². The minimum atomic E-state index is -0.254. The molecule has 0 spiro atoms. The van der Waals surface area contributed by atoms with E-state index in [4.69, 9.17) is 0 Å². The van der Waals surface area contributed by atoms with Gasteiger partial charge < -0.3 is 5.32 Å². The summed E-state index contributed by atoms with van der Waals surface area (Å²) in [4.78, 5) is 11.5. The molecule has 2 rings (SSSR count). The number of rotatable bonds is 1. The normalized spacial score (nSPS) is 13.3. The monoisotopic (exact) mass is 223 g/mol. The van der Waals surface area contributed by atoms with Crippen LogP contribution in [0.1, 0.15) is 18.4 Å². The van der Waals surface area contributed by atoms with E-state index in [1.165, 1.54) is 0 Å². The van der Waals surface area contributed by atoms with Crippen LogP contribution in [0.4, 0.5) is 0 Å². The van der Waals surface area contributed by atoms with Gasteiger partial charge in [0.2, 0.25) is 0 Å². The lowest BCUT2D eigenvalue weighted by Crippen LogP contribution is -2.21. The number of hydrogen-bond donors (Lipinski definition) is 1. The third kappa shape index (κ3) is 3.66. The van der Waals surface area contributed by atoms with Gasteiger partial charge in [-0.3, -0.25) is 4.79 Å². The van der Waals surface area contributed by atoms with Gasteiger partial charge in [0.25, 0.3) is 5.91 Å². The molecule has 0 bridgehead atoms. The van der Waals surface area contributed by atoms with Crippen molar-refractivity contribution in [2.75, 3.05) is 0 Å². The quantitative estimate of drug-likeness (QED) is 0.728. The Labute approximate surface area is 101 Å². The summed E-state index contributed by atoms with van der Waals surface area (Å²) in [5, 5.41) is 2.79. The second-order valence-corrected chi connectivity index (χ2v) is 3.73. The maximum Gasteiger partial charge on any atom is 0.300 e. The Hall–Kier alpha value is -2.27. The van der Waals surface area contributed by atoms with E-state index in [-0.39, 0.29) is 5.91 Å². The molecule has 84 valence electrons. The van der Waals surface area contributed by atoms with Crippen molar-refractivity contribution in [2.24, 2.45) is 0 Å². The molecule has 0 aromatic heterocycles. The van der Waals surface area contributed by atoms with Crippen molar-refractivity contribution in [2.45, 2.75) is 12.8 Å². The molecule has 1 aliphatic rings. The van der Waals surface area contributed by atoms with Crippen LogP contribution in [-0.4, -0.2) is 5.91 Å². The van der Waals surface area contributed by atoms with Gasteiger partial charge in [0.1, 0.15) is 0 Å². The summed E-state index contributed by atoms with van der Waals surface area (Å²) in [5.41, 5.74) is 1.78. The lowest BCUT2D eigenvalue weighted by atomic mass is 10.1. The molecule has 17 heavy (non-hydrogen) atoms. The summed E-state index contributed by atoms with van der Waals surface area (Å²) in [6.07, 6.45) is 7.77. The van der Waals surface area contributed by atoms with Crippen molar-refractivity contribution in [1.82, 2.24) is 5.32 Å². The molecule has 0 radical (unpaired) electrons. The number of carbonyl (C=O) groups excluding carboxylic acids is 1. The minimum absolute atomic E-state index is 0.254. The van der Waals surface area contributed by atoms with Gasteiger partial charge in [0.05, 0.1) is 0 Å².